The number of phenols is 1. The van der Waals surface area contributed by atoms with E-state index in [1.165, 1.54) is 17.0 Å². The number of carbonyl (C=O) groups excluding carboxylic acids is 1. The zero-order valence-electron chi connectivity index (χ0n) is 8.56. The van der Waals surface area contributed by atoms with Gasteiger partial charge in [0.1, 0.15) is 17.1 Å². The van der Waals surface area contributed by atoms with E-state index < -0.39 is 17.8 Å². The van der Waals surface area contributed by atoms with Gasteiger partial charge in [-0.1, -0.05) is 6.07 Å². The third-order valence-corrected chi connectivity index (χ3v) is 2.66. The van der Waals surface area contributed by atoms with Gasteiger partial charge in [-0.3, -0.25) is 4.79 Å². The molecule has 0 spiro atoms. The number of rotatable bonds is 1. The number of benzene rings is 1. The van der Waals surface area contributed by atoms with Crippen LogP contribution in [0.4, 0.5) is 4.39 Å². The highest BCUT2D eigenvalue weighted by molar-refractivity contribution is 5.97. The second kappa shape index (κ2) is 4.09. The summed E-state index contributed by atoms with van der Waals surface area (Å²) in [7, 11) is 0. The average Bonchev–Trinajstić information content (AvgIpc) is 2.64. The Morgan fingerprint density at radius 2 is 2.25 bits per heavy atom. The van der Waals surface area contributed by atoms with E-state index in [1.54, 1.807) is 0 Å². The van der Waals surface area contributed by atoms with Crippen LogP contribution in [0.3, 0.4) is 0 Å². The summed E-state index contributed by atoms with van der Waals surface area (Å²) in [5.41, 5.74) is -0.323. The van der Waals surface area contributed by atoms with Crippen LogP contribution in [-0.4, -0.2) is 40.2 Å². The van der Waals surface area contributed by atoms with Crippen molar-refractivity contribution in [1.29, 1.82) is 0 Å². The molecule has 2 rings (SSSR count). The smallest absolute Gasteiger partial charge is 0.260 e. The highest BCUT2D eigenvalue weighted by Crippen LogP contribution is 2.23. The molecule has 1 saturated heterocycles. The maximum Gasteiger partial charge on any atom is 0.260 e. The number of halogens is 1. The van der Waals surface area contributed by atoms with Crippen LogP contribution in [0.5, 0.6) is 5.75 Å². The monoisotopic (exact) mass is 225 g/mol. The maximum absolute atomic E-state index is 13.4. The molecule has 86 valence electrons. The van der Waals surface area contributed by atoms with E-state index in [0.29, 0.717) is 13.0 Å². The lowest BCUT2D eigenvalue weighted by molar-refractivity contribution is 0.0757. The van der Waals surface area contributed by atoms with Crippen molar-refractivity contribution in [3.8, 4) is 5.75 Å². The molecule has 1 fully saturated rings. The minimum atomic E-state index is -0.744. The second-order valence-corrected chi connectivity index (χ2v) is 3.83. The number of nitrogens with zero attached hydrogens (tertiary/aromatic N) is 1. The summed E-state index contributed by atoms with van der Waals surface area (Å²) in [6, 6.07) is 3.72. The van der Waals surface area contributed by atoms with Gasteiger partial charge < -0.3 is 15.1 Å². The standard InChI is InChI=1S/C11H12FNO3/c12-8-2-1-3-9(15)10(8)11(16)13-5-4-7(14)6-13/h1-3,7,14-15H,4-6H2. The predicted octanol–water partition coefficient (Wildman–Crippen LogP) is 0.738. The fourth-order valence-corrected chi connectivity index (χ4v) is 1.81. The van der Waals surface area contributed by atoms with Crippen LogP contribution in [0, 0.1) is 5.82 Å². The van der Waals surface area contributed by atoms with Crippen LogP contribution in [0.1, 0.15) is 16.8 Å². The van der Waals surface area contributed by atoms with Gasteiger partial charge in [0.2, 0.25) is 0 Å². The fourth-order valence-electron chi connectivity index (χ4n) is 1.81. The summed E-state index contributed by atoms with van der Waals surface area (Å²) in [4.78, 5) is 13.2. The van der Waals surface area contributed by atoms with Crippen LogP contribution >= 0.6 is 0 Å². The number of aliphatic hydroxyl groups is 1. The molecule has 1 aliphatic rings. The van der Waals surface area contributed by atoms with Crippen molar-refractivity contribution in [2.45, 2.75) is 12.5 Å². The Morgan fingerprint density at radius 1 is 1.50 bits per heavy atom. The Hall–Kier alpha value is -1.62. The minimum Gasteiger partial charge on any atom is -0.507 e. The summed E-state index contributed by atoms with van der Waals surface area (Å²) in [5, 5.41) is 18.7. The highest BCUT2D eigenvalue weighted by Gasteiger charge is 2.28. The van der Waals surface area contributed by atoms with E-state index in [9.17, 15) is 19.4 Å². The molecular formula is C11H12FNO3. The van der Waals surface area contributed by atoms with Gasteiger partial charge in [0.15, 0.2) is 0 Å². The number of phenolic OH excluding ortho intramolecular Hbond substituents is 1. The van der Waals surface area contributed by atoms with Gasteiger partial charge in [0.05, 0.1) is 6.10 Å². The highest BCUT2D eigenvalue weighted by atomic mass is 19.1. The molecule has 0 saturated carbocycles. The molecule has 1 heterocycles. The number of carbonyl (C=O) groups is 1. The van der Waals surface area contributed by atoms with Crippen molar-refractivity contribution in [1.82, 2.24) is 4.90 Å². The first-order chi connectivity index (χ1) is 7.59. The van der Waals surface area contributed by atoms with Crippen LogP contribution < -0.4 is 0 Å². The largest absolute Gasteiger partial charge is 0.507 e. The van der Waals surface area contributed by atoms with Crippen LogP contribution in [-0.2, 0) is 0 Å². The zero-order valence-corrected chi connectivity index (χ0v) is 8.56. The fraction of sp³-hybridized carbons (Fsp3) is 0.364. The number of hydrogen-bond acceptors (Lipinski definition) is 3. The number of likely N-dealkylation sites (tertiary alicyclic amines) is 1. The third-order valence-electron chi connectivity index (χ3n) is 2.66. The first kappa shape index (κ1) is 10.9. The van der Waals surface area contributed by atoms with E-state index in [4.69, 9.17) is 0 Å². The number of hydrogen-bond donors (Lipinski definition) is 2. The van der Waals surface area contributed by atoms with Gasteiger partial charge in [-0.2, -0.15) is 0 Å². The molecule has 5 heteroatoms. The topological polar surface area (TPSA) is 60.8 Å². The molecule has 16 heavy (non-hydrogen) atoms. The van der Waals surface area contributed by atoms with Crippen molar-refractivity contribution < 1.29 is 19.4 Å². The van der Waals surface area contributed by atoms with E-state index >= 15 is 0 Å². The van der Waals surface area contributed by atoms with Gasteiger partial charge in [-0.25, -0.2) is 4.39 Å². The summed E-state index contributed by atoms with van der Waals surface area (Å²) >= 11 is 0. The summed E-state index contributed by atoms with van der Waals surface area (Å²) in [6.45, 7) is 0.570. The average molecular weight is 225 g/mol. The number of aliphatic hydroxyl groups excluding tert-OH is 1. The number of aromatic hydroxyl groups is 1. The molecule has 4 nitrogen and oxygen atoms in total. The van der Waals surface area contributed by atoms with Gasteiger partial charge >= 0.3 is 0 Å². The van der Waals surface area contributed by atoms with Crippen molar-refractivity contribution >= 4 is 5.91 Å². The number of amides is 1. The predicted molar refractivity (Wildman–Crippen MR) is 54.6 cm³/mol. The molecule has 1 aliphatic heterocycles. The van der Waals surface area contributed by atoms with E-state index in [0.717, 1.165) is 6.07 Å². The Kier molecular flexibility index (Phi) is 2.78. The van der Waals surface area contributed by atoms with E-state index in [1.807, 2.05) is 0 Å². The van der Waals surface area contributed by atoms with Crippen LogP contribution in [0.15, 0.2) is 18.2 Å². The van der Waals surface area contributed by atoms with Crippen molar-refractivity contribution in [3.63, 3.8) is 0 Å². The Morgan fingerprint density at radius 3 is 2.81 bits per heavy atom. The molecular weight excluding hydrogens is 213 g/mol. The molecule has 1 atom stereocenters. The molecule has 0 radical (unpaired) electrons. The minimum absolute atomic E-state index is 0.187. The lowest BCUT2D eigenvalue weighted by Gasteiger charge is -2.16. The summed E-state index contributed by atoms with van der Waals surface area (Å²) < 4.78 is 13.4. The Labute approximate surface area is 91.9 Å². The quantitative estimate of drug-likeness (QED) is 0.741. The molecule has 0 aromatic heterocycles. The SMILES string of the molecule is O=C(c1c(O)cccc1F)N1CCC(O)C1. The van der Waals surface area contributed by atoms with Crippen molar-refractivity contribution in [2.24, 2.45) is 0 Å². The summed E-state index contributed by atoms with van der Waals surface area (Å²) in [5.74, 6) is -1.69. The molecule has 1 unspecified atom stereocenters. The molecule has 1 amide bonds. The van der Waals surface area contributed by atoms with Gasteiger partial charge in [0, 0.05) is 13.1 Å². The van der Waals surface area contributed by atoms with Gasteiger partial charge in [-0.15, -0.1) is 0 Å². The van der Waals surface area contributed by atoms with E-state index in [-0.39, 0.29) is 17.9 Å². The molecule has 0 aliphatic carbocycles. The Balaban J connectivity index is 2.27. The third kappa shape index (κ3) is 1.86. The molecule has 2 N–H and O–H groups in total. The zero-order chi connectivity index (χ0) is 11.7. The lowest BCUT2D eigenvalue weighted by Crippen LogP contribution is -2.30. The lowest BCUT2D eigenvalue weighted by atomic mass is 10.1. The van der Waals surface area contributed by atoms with Crippen LogP contribution in [0.25, 0.3) is 0 Å². The van der Waals surface area contributed by atoms with Crippen LogP contribution in [0.2, 0.25) is 0 Å². The van der Waals surface area contributed by atoms with E-state index in [2.05, 4.69) is 0 Å². The molecule has 1 aromatic rings. The van der Waals surface area contributed by atoms with Crippen molar-refractivity contribution in [2.75, 3.05) is 13.1 Å². The first-order valence-corrected chi connectivity index (χ1v) is 5.04. The van der Waals surface area contributed by atoms with Gasteiger partial charge in [-0.05, 0) is 18.6 Å². The number of β-amino-alcohol motifs (C(OH)–C–C–N with tert-alkyl or cyclic N) is 1. The normalized spacial score (nSPS) is 20.1. The first-order valence-electron chi connectivity index (χ1n) is 5.04. The second-order valence-electron chi connectivity index (χ2n) is 3.83. The molecule has 0 bridgehead atoms. The van der Waals surface area contributed by atoms with Crippen molar-refractivity contribution in [3.05, 3.63) is 29.6 Å². The molecule has 1 aromatic carbocycles. The summed E-state index contributed by atoms with van der Waals surface area (Å²) in [6.07, 6.45) is -0.0705. The van der Waals surface area contributed by atoms with Gasteiger partial charge in [0.25, 0.3) is 5.91 Å². The maximum atomic E-state index is 13.4. The Bertz CT molecular complexity index is 401.